The number of aryl methyl sites for hydroxylation is 1. The SMILES string of the molecule is CN1CCC(Oc2cc(B3OC(C)(C)C(C)(C)O3)ccc2Nc2nc(-c3ccc(N4CC5(C4)CC(F)(F)C5)nc3)nn2C)C1. The number of nitrogens with zero attached hydrogens (tertiary/aromatic N) is 6. The molecule has 1 saturated carbocycles. The van der Waals surface area contributed by atoms with Gasteiger partial charge in [-0.15, -0.1) is 5.10 Å². The highest BCUT2D eigenvalue weighted by Gasteiger charge is 2.62. The third-order valence-electron chi connectivity index (χ3n) is 9.83. The Labute approximate surface area is 257 Å². The smallest absolute Gasteiger partial charge is 0.487 e. The van der Waals surface area contributed by atoms with Crippen molar-refractivity contribution < 1.29 is 22.8 Å². The maximum absolute atomic E-state index is 13.4. The van der Waals surface area contributed by atoms with Crippen LogP contribution < -0.4 is 20.4 Å². The number of likely N-dealkylation sites (N-methyl/N-ethyl adjacent to an activating group) is 1. The molecule has 3 saturated heterocycles. The van der Waals surface area contributed by atoms with E-state index in [1.54, 1.807) is 10.9 Å². The number of aromatic nitrogens is 4. The normalized spacial score (nSPS) is 24.8. The zero-order chi connectivity index (χ0) is 31.1. The Morgan fingerprint density at radius 1 is 1.02 bits per heavy atom. The minimum Gasteiger partial charge on any atom is -0.487 e. The predicted octanol–water partition coefficient (Wildman–Crippen LogP) is 4.24. The second kappa shape index (κ2) is 10.1. The van der Waals surface area contributed by atoms with E-state index in [0.717, 1.165) is 42.0 Å². The number of anilines is 3. The summed E-state index contributed by atoms with van der Waals surface area (Å²) in [6.45, 7) is 11.3. The fraction of sp³-hybridized carbons (Fsp3) is 0.581. The average molecular weight is 608 g/mol. The third kappa shape index (κ3) is 5.32. The van der Waals surface area contributed by atoms with Gasteiger partial charge in [0.25, 0.3) is 0 Å². The molecule has 0 bridgehead atoms. The zero-order valence-electron chi connectivity index (χ0n) is 26.2. The summed E-state index contributed by atoms with van der Waals surface area (Å²) in [5.41, 5.74) is 1.29. The second-order valence-corrected chi connectivity index (χ2v) is 14.1. The van der Waals surface area contributed by atoms with Crippen molar-refractivity contribution in [2.24, 2.45) is 12.5 Å². The van der Waals surface area contributed by atoms with Gasteiger partial charge in [0, 0.05) is 63.2 Å². The minimum atomic E-state index is -2.50. The Bertz CT molecular complexity index is 1530. The summed E-state index contributed by atoms with van der Waals surface area (Å²) in [6, 6.07) is 9.78. The van der Waals surface area contributed by atoms with Gasteiger partial charge in [-0.2, -0.15) is 4.98 Å². The Kier molecular flexibility index (Phi) is 6.76. The maximum Gasteiger partial charge on any atom is 0.494 e. The summed E-state index contributed by atoms with van der Waals surface area (Å²) in [6.07, 6.45) is 2.70. The van der Waals surface area contributed by atoms with Crippen molar-refractivity contribution in [3.63, 3.8) is 0 Å². The van der Waals surface area contributed by atoms with E-state index in [9.17, 15) is 8.78 Å². The van der Waals surface area contributed by atoms with Gasteiger partial charge in [0.1, 0.15) is 17.7 Å². The first-order valence-corrected chi connectivity index (χ1v) is 15.3. The van der Waals surface area contributed by atoms with Gasteiger partial charge in [-0.25, -0.2) is 18.4 Å². The fourth-order valence-electron chi connectivity index (χ4n) is 6.67. The summed E-state index contributed by atoms with van der Waals surface area (Å²) in [5, 5.41) is 8.04. The van der Waals surface area contributed by atoms with Gasteiger partial charge in [0.2, 0.25) is 11.9 Å². The summed E-state index contributed by atoms with van der Waals surface area (Å²) >= 11 is 0. The van der Waals surface area contributed by atoms with Crippen molar-refractivity contribution in [3.8, 4) is 17.1 Å². The van der Waals surface area contributed by atoms with E-state index in [1.807, 2.05) is 65.1 Å². The summed E-state index contributed by atoms with van der Waals surface area (Å²) in [5.74, 6) is 0.0580. The molecule has 1 atom stereocenters. The van der Waals surface area contributed by atoms with E-state index in [-0.39, 0.29) is 24.4 Å². The zero-order valence-corrected chi connectivity index (χ0v) is 26.2. The van der Waals surface area contributed by atoms with Crippen molar-refractivity contribution in [3.05, 3.63) is 36.5 Å². The van der Waals surface area contributed by atoms with Gasteiger partial charge in [0.05, 0.1) is 16.9 Å². The lowest BCUT2D eigenvalue weighted by molar-refractivity contribution is -0.170. The van der Waals surface area contributed by atoms with Gasteiger partial charge in [-0.05, 0) is 70.9 Å². The fourth-order valence-corrected chi connectivity index (χ4v) is 6.67. The van der Waals surface area contributed by atoms with Gasteiger partial charge < -0.3 is 29.2 Å². The predicted molar refractivity (Wildman–Crippen MR) is 165 cm³/mol. The van der Waals surface area contributed by atoms with Crippen LogP contribution in [0.1, 0.15) is 47.0 Å². The molecule has 0 amide bonds. The van der Waals surface area contributed by atoms with E-state index in [1.165, 1.54) is 0 Å². The number of hydrogen-bond acceptors (Lipinski definition) is 9. The molecule has 1 unspecified atom stereocenters. The molecule has 1 N–H and O–H groups in total. The van der Waals surface area contributed by atoms with Crippen LogP contribution in [-0.4, -0.2) is 88.2 Å². The topological polar surface area (TPSA) is 89.8 Å². The number of likely N-dealkylation sites (tertiary alicyclic amines) is 1. The van der Waals surface area contributed by atoms with Gasteiger partial charge in [-0.3, -0.25) is 0 Å². The molecule has 10 nitrogen and oxygen atoms in total. The summed E-state index contributed by atoms with van der Waals surface area (Å²) in [7, 11) is 3.43. The lowest BCUT2D eigenvalue weighted by Gasteiger charge is -2.59. The molecule has 1 aliphatic carbocycles. The van der Waals surface area contributed by atoms with Gasteiger partial charge >= 0.3 is 7.12 Å². The first-order chi connectivity index (χ1) is 20.7. The molecule has 13 heteroatoms. The number of ether oxygens (including phenoxy) is 1. The van der Waals surface area contributed by atoms with E-state index in [2.05, 4.69) is 32.2 Å². The van der Waals surface area contributed by atoms with E-state index < -0.39 is 24.2 Å². The minimum absolute atomic E-state index is 0.0199. The molecule has 1 aromatic carbocycles. The number of pyridine rings is 1. The van der Waals surface area contributed by atoms with Crippen LogP contribution in [0, 0.1) is 5.41 Å². The highest BCUT2D eigenvalue weighted by atomic mass is 19.3. The highest BCUT2D eigenvalue weighted by molar-refractivity contribution is 6.62. The number of benzene rings is 1. The number of alkyl halides is 2. The molecule has 5 heterocycles. The Hall–Kier alpha value is -3.29. The van der Waals surface area contributed by atoms with Crippen molar-refractivity contribution in [2.45, 2.75) is 70.2 Å². The van der Waals surface area contributed by atoms with Crippen LogP contribution in [0.15, 0.2) is 36.5 Å². The monoisotopic (exact) mass is 607 g/mol. The number of rotatable bonds is 7. The molecule has 234 valence electrons. The molecule has 0 radical (unpaired) electrons. The maximum atomic E-state index is 13.4. The van der Waals surface area contributed by atoms with Crippen LogP contribution in [0.4, 0.5) is 26.2 Å². The molecule has 7 rings (SSSR count). The first-order valence-electron chi connectivity index (χ1n) is 15.3. The molecule has 2 aromatic heterocycles. The average Bonchev–Trinajstić information content (AvgIpc) is 3.56. The van der Waals surface area contributed by atoms with Crippen molar-refractivity contribution in [1.82, 2.24) is 24.6 Å². The Morgan fingerprint density at radius 3 is 2.36 bits per heavy atom. The number of nitrogens with one attached hydrogen (secondary N) is 1. The molecular formula is C31H40BF2N7O3. The van der Waals surface area contributed by atoms with Gasteiger partial charge in [0.15, 0.2) is 5.82 Å². The molecule has 4 aliphatic rings. The summed E-state index contributed by atoms with van der Waals surface area (Å²) in [4.78, 5) is 13.7. The van der Waals surface area contributed by atoms with Crippen molar-refractivity contribution in [2.75, 3.05) is 43.4 Å². The van der Waals surface area contributed by atoms with Crippen LogP contribution in [0.2, 0.25) is 0 Å². The molecule has 4 fully saturated rings. The molecule has 1 spiro atoms. The van der Waals surface area contributed by atoms with E-state index in [0.29, 0.717) is 30.6 Å². The van der Waals surface area contributed by atoms with Crippen LogP contribution >= 0.6 is 0 Å². The third-order valence-corrected chi connectivity index (χ3v) is 9.83. The Morgan fingerprint density at radius 2 is 1.75 bits per heavy atom. The number of hydrogen-bond donors (Lipinski definition) is 1. The number of halogens is 2. The largest absolute Gasteiger partial charge is 0.494 e. The lowest BCUT2D eigenvalue weighted by atomic mass is 9.61. The first kappa shape index (κ1) is 29.4. The highest BCUT2D eigenvalue weighted by Crippen LogP contribution is 2.57. The summed E-state index contributed by atoms with van der Waals surface area (Å²) < 4.78 is 47.6. The van der Waals surface area contributed by atoms with Crippen LogP contribution in [0.3, 0.4) is 0 Å². The quantitative estimate of drug-likeness (QED) is 0.397. The second-order valence-electron chi connectivity index (χ2n) is 14.1. The van der Waals surface area contributed by atoms with E-state index in [4.69, 9.17) is 19.0 Å². The van der Waals surface area contributed by atoms with Crippen LogP contribution in [0.5, 0.6) is 5.75 Å². The van der Waals surface area contributed by atoms with Crippen molar-refractivity contribution >= 4 is 30.0 Å². The molecule has 3 aliphatic heterocycles. The Balaban J connectivity index is 1.08. The van der Waals surface area contributed by atoms with Crippen LogP contribution in [-0.2, 0) is 16.4 Å². The molecule has 44 heavy (non-hydrogen) atoms. The van der Waals surface area contributed by atoms with Gasteiger partial charge in [-0.1, -0.05) is 6.07 Å². The standard InChI is InChI=1S/C31H40BF2N7O3/c1-28(2)29(3,4)44-32(43-28)21-8-9-23(24(13-21)42-22-11-12-39(5)15-22)36-27-37-26(38-40(27)6)20-7-10-25(35-14-20)41-18-30(19-41)16-31(33,34)17-30/h7-10,13-14,22H,11-12,15-19H2,1-6H3,(H,36,37,38). The van der Waals surface area contributed by atoms with Crippen LogP contribution in [0.25, 0.3) is 11.4 Å². The lowest BCUT2D eigenvalue weighted by Crippen LogP contribution is -2.66. The molecular weight excluding hydrogens is 567 g/mol. The van der Waals surface area contributed by atoms with E-state index >= 15 is 0 Å². The van der Waals surface area contributed by atoms with Crippen molar-refractivity contribution in [1.29, 1.82) is 0 Å². The molecule has 3 aromatic rings.